The summed E-state index contributed by atoms with van der Waals surface area (Å²) in [5.41, 5.74) is 7.23. The largest absolute Gasteiger partial charge is 0.397 e. The minimum atomic E-state index is -3.45. The van der Waals surface area contributed by atoms with Crippen LogP contribution in [0.4, 0.5) is 11.4 Å². The number of hydrogen-bond acceptors (Lipinski definition) is 4. The topological polar surface area (TPSA) is 84.2 Å². The minimum Gasteiger partial charge on any atom is -0.397 e. The lowest BCUT2D eigenvalue weighted by molar-refractivity contribution is 0.377. The van der Waals surface area contributed by atoms with E-state index >= 15 is 0 Å². The Morgan fingerprint density at radius 3 is 2.45 bits per heavy atom. The molecule has 0 saturated carbocycles. The molecule has 0 saturated heterocycles. The maximum atomic E-state index is 12.0. The van der Waals surface area contributed by atoms with E-state index in [2.05, 4.69) is 30.8 Å². The number of benzene rings is 1. The molecule has 0 heterocycles. The van der Waals surface area contributed by atoms with Gasteiger partial charge in [-0.15, -0.1) is 0 Å². The van der Waals surface area contributed by atoms with Gasteiger partial charge in [-0.05, 0) is 30.0 Å². The lowest BCUT2D eigenvalue weighted by Crippen LogP contribution is -2.24. The summed E-state index contributed by atoms with van der Waals surface area (Å²) in [6, 6.07) is 4.72. The third-order valence-electron chi connectivity index (χ3n) is 3.38. The summed E-state index contributed by atoms with van der Waals surface area (Å²) in [7, 11) is -3.45. The smallest absolute Gasteiger partial charge is 0.240 e. The highest BCUT2D eigenvalue weighted by molar-refractivity contribution is 7.89. The van der Waals surface area contributed by atoms with Crippen molar-refractivity contribution in [3.63, 3.8) is 0 Å². The molecular formula is C14H25N3O2S. The van der Waals surface area contributed by atoms with Crippen LogP contribution in [0, 0.1) is 5.41 Å². The maximum absolute atomic E-state index is 12.0. The van der Waals surface area contributed by atoms with Crippen molar-refractivity contribution in [2.75, 3.05) is 24.1 Å². The Kier molecular flexibility index (Phi) is 5.42. The molecule has 1 aromatic carbocycles. The van der Waals surface area contributed by atoms with Gasteiger partial charge in [0, 0.05) is 13.1 Å². The summed E-state index contributed by atoms with van der Waals surface area (Å²) >= 11 is 0. The molecule has 0 amide bonds. The molecule has 0 aromatic heterocycles. The van der Waals surface area contributed by atoms with E-state index in [9.17, 15) is 8.42 Å². The van der Waals surface area contributed by atoms with E-state index in [1.54, 1.807) is 19.1 Å². The molecule has 0 radical (unpaired) electrons. The van der Waals surface area contributed by atoms with Crippen LogP contribution in [0.2, 0.25) is 0 Å². The first kappa shape index (κ1) is 16.8. The van der Waals surface area contributed by atoms with Crippen LogP contribution in [0.25, 0.3) is 0 Å². The fraction of sp³-hybridized carbons (Fsp3) is 0.571. The fourth-order valence-electron chi connectivity index (χ4n) is 1.59. The lowest BCUT2D eigenvalue weighted by Gasteiger charge is -2.24. The Balaban J connectivity index is 2.98. The summed E-state index contributed by atoms with van der Waals surface area (Å²) in [5.74, 6) is 0. The maximum Gasteiger partial charge on any atom is 0.240 e. The highest BCUT2D eigenvalue weighted by atomic mass is 32.2. The highest BCUT2D eigenvalue weighted by Crippen LogP contribution is 2.26. The van der Waals surface area contributed by atoms with Crippen LogP contribution in [0.1, 0.15) is 34.1 Å². The van der Waals surface area contributed by atoms with Crippen molar-refractivity contribution in [1.29, 1.82) is 0 Å². The number of nitrogens with one attached hydrogen (secondary N) is 2. The van der Waals surface area contributed by atoms with E-state index in [0.29, 0.717) is 17.9 Å². The standard InChI is InChI=1S/C14H25N3O2S/c1-5-14(3,4)10-16-13-9-11(7-8-12(13)15)20(18,19)17-6-2/h7-9,16-17H,5-6,10,15H2,1-4H3. The molecule has 0 aliphatic heterocycles. The van der Waals surface area contributed by atoms with Gasteiger partial charge in [-0.3, -0.25) is 0 Å². The van der Waals surface area contributed by atoms with Crippen LogP contribution in [-0.2, 0) is 10.0 Å². The van der Waals surface area contributed by atoms with Gasteiger partial charge in [0.25, 0.3) is 0 Å². The van der Waals surface area contributed by atoms with Crippen LogP contribution in [0.15, 0.2) is 23.1 Å². The van der Waals surface area contributed by atoms with Gasteiger partial charge in [-0.25, -0.2) is 13.1 Å². The zero-order valence-corrected chi connectivity index (χ0v) is 13.5. The molecule has 0 atom stereocenters. The summed E-state index contributed by atoms with van der Waals surface area (Å²) in [5, 5.41) is 3.24. The van der Waals surface area contributed by atoms with Crippen molar-refractivity contribution in [1.82, 2.24) is 4.72 Å². The Labute approximate surface area is 122 Å². The zero-order chi connectivity index (χ0) is 15.4. The molecule has 1 rings (SSSR count). The second-order valence-corrected chi connectivity index (χ2v) is 7.39. The first-order valence-electron chi connectivity index (χ1n) is 6.85. The molecule has 4 N–H and O–H groups in total. The minimum absolute atomic E-state index is 0.128. The second kappa shape index (κ2) is 6.45. The SMILES string of the molecule is CCNS(=O)(=O)c1ccc(N)c(NCC(C)(C)CC)c1. The van der Waals surface area contributed by atoms with Crippen molar-refractivity contribution in [3.05, 3.63) is 18.2 Å². The van der Waals surface area contributed by atoms with E-state index in [1.807, 2.05) is 0 Å². The van der Waals surface area contributed by atoms with Gasteiger partial charge in [0.05, 0.1) is 16.3 Å². The van der Waals surface area contributed by atoms with Crippen LogP contribution in [0.3, 0.4) is 0 Å². The second-order valence-electron chi connectivity index (χ2n) is 5.62. The average molecular weight is 299 g/mol. The van der Waals surface area contributed by atoms with Gasteiger partial charge < -0.3 is 11.1 Å². The number of rotatable bonds is 7. The molecule has 0 spiro atoms. The van der Waals surface area contributed by atoms with E-state index in [0.717, 1.165) is 13.0 Å². The summed E-state index contributed by atoms with van der Waals surface area (Å²) in [4.78, 5) is 0.227. The van der Waals surface area contributed by atoms with Gasteiger partial charge >= 0.3 is 0 Å². The molecule has 0 aliphatic carbocycles. The number of hydrogen-bond donors (Lipinski definition) is 3. The third kappa shape index (κ3) is 4.38. The van der Waals surface area contributed by atoms with Crippen LogP contribution in [0.5, 0.6) is 0 Å². The molecule has 114 valence electrons. The monoisotopic (exact) mass is 299 g/mol. The van der Waals surface area contributed by atoms with Crippen LogP contribution >= 0.6 is 0 Å². The Morgan fingerprint density at radius 2 is 1.90 bits per heavy atom. The molecule has 5 nitrogen and oxygen atoms in total. The molecular weight excluding hydrogens is 274 g/mol. The van der Waals surface area contributed by atoms with Crippen molar-refractivity contribution in [2.24, 2.45) is 5.41 Å². The highest BCUT2D eigenvalue weighted by Gasteiger charge is 2.17. The Bertz CT molecular complexity index is 554. The predicted octanol–water partition coefficient (Wildman–Crippen LogP) is 2.42. The van der Waals surface area contributed by atoms with Crippen molar-refractivity contribution in [2.45, 2.75) is 39.0 Å². The summed E-state index contributed by atoms with van der Waals surface area (Å²) < 4.78 is 26.4. The van der Waals surface area contributed by atoms with E-state index in [4.69, 9.17) is 5.73 Å². The van der Waals surface area contributed by atoms with Crippen LogP contribution < -0.4 is 15.8 Å². The third-order valence-corrected chi connectivity index (χ3v) is 4.93. The van der Waals surface area contributed by atoms with Crippen LogP contribution in [-0.4, -0.2) is 21.5 Å². The molecule has 6 heteroatoms. The van der Waals surface area contributed by atoms with E-state index in [-0.39, 0.29) is 10.3 Å². The lowest BCUT2D eigenvalue weighted by atomic mass is 9.90. The molecule has 0 unspecified atom stereocenters. The fourth-order valence-corrected chi connectivity index (χ4v) is 2.66. The number of anilines is 2. The van der Waals surface area contributed by atoms with Crippen molar-refractivity contribution in [3.8, 4) is 0 Å². The number of sulfonamides is 1. The van der Waals surface area contributed by atoms with E-state index < -0.39 is 10.0 Å². The average Bonchev–Trinajstić information content (AvgIpc) is 2.37. The molecule has 0 bridgehead atoms. The summed E-state index contributed by atoms with van der Waals surface area (Å²) in [6.07, 6.45) is 1.02. The van der Waals surface area contributed by atoms with Gasteiger partial charge in [-0.2, -0.15) is 0 Å². The molecule has 20 heavy (non-hydrogen) atoms. The Hall–Kier alpha value is -1.27. The van der Waals surface area contributed by atoms with Crippen molar-refractivity contribution >= 4 is 21.4 Å². The molecule has 0 aliphatic rings. The quantitative estimate of drug-likeness (QED) is 0.675. The van der Waals surface area contributed by atoms with E-state index in [1.165, 1.54) is 6.07 Å². The van der Waals surface area contributed by atoms with Gasteiger partial charge in [0.15, 0.2) is 0 Å². The first-order chi connectivity index (χ1) is 9.22. The molecule has 0 fully saturated rings. The predicted molar refractivity (Wildman–Crippen MR) is 84.3 cm³/mol. The zero-order valence-electron chi connectivity index (χ0n) is 12.7. The Morgan fingerprint density at radius 1 is 1.25 bits per heavy atom. The number of nitrogen functional groups attached to an aromatic ring is 1. The summed E-state index contributed by atoms with van der Waals surface area (Å²) in [6.45, 7) is 9.26. The van der Waals surface area contributed by atoms with Gasteiger partial charge in [0.1, 0.15) is 0 Å². The van der Waals surface area contributed by atoms with Gasteiger partial charge in [-0.1, -0.05) is 27.7 Å². The molecule has 1 aromatic rings. The number of nitrogens with two attached hydrogens (primary N) is 1. The van der Waals surface area contributed by atoms with Crippen molar-refractivity contribution < 1.29 is 8.42 Å². The first-order valence-corrected chi connectivity index (χ1v) is 8.33. The van der Waals surface area contributed by atoms with Gasteiger partial charge in [0.2, 0.25) is 10.0 Å². The normalized spacial score (nSPS) is 12.4.